The van der Waals surface area contributed by atoms with Gasteiger partial charge in [0.15, 0.2) is 11.5 Å². The molecule has 0 aliphatic rings. The molecular formula is C21H19ClN2O4. The van der Waals surface area contributed by atoms with Gasteiger partial charge in [0.1, 0.15) is 0 Å². The molecule has 0 fully saturated rings. The Morgan fingerprint density at radius 2 is 1.79 bits per heavy atom. The van der Waals surface area contributed by atoms with Gasteiger partial charge in [-0.2, -0.15) is 0 Å². The van der Waals surface area contributed by atoms with Crippen molar-refractivity contribution in [1.82, 2.24) is 5.16 Å². The number of aromatic nitrogens is 1. The van der Waals surface area contributed by atoms with Gasteiger partial charge >= 0.3 is 5.69 Å². The third-order valence-corrected chi connectivity index (χ3v) is 4.91. The average molecular weight is 399 g/mol. The summed E-state index contributed by atoms with van der Waals surface area (Å²) < 4.78 is 5.21. The van der Waals surface area contributed by atoms with Gasteiger partial charge < -0.3 is 4.52 Å². The number of halogens is 1. The van der Waals surface area contributed by atoms with Gasteiger partial charge in [0.25, 0.3) is 0 Å². The van der Waals surface area contributed by atoms with E-state index >= 15 is 0 Å². The molecule has 1 heterocycles. The number of Topliss-reactive ketones (excluding diaryl/α,β-unsaturated/α-hetero) is 1. The highest BCUT2D eigenvalue weighted by Crippen LogP contribution is 2.32. The molecule has 0 saturated carbocycles. The molecule has 3 rings (SSSR count). The zero-order chi connectivity index (χ0) is 20.3. The highest BCUT2D eigenvalue weighted by Gasteiger charge is 2.28. The first-order chi connectivity index (χ1) is 13.3. The van der Waals surface area contributed by atoms with E-state index in [0.29, 0.717) is 10.6 Å². The molecule has 28 heavy (non-hydrogen) atoms. The summed E-state index contributed by atoms with van der Waals surface area (Å²) in [5.74, 6) is -0.185. The first kappa shape index (κ1) is 19.8. The first-order valence-electron chi connectivity index (χ1n) is 8.80. The Kier molecular flexibility index (Phi) is 5.90. The third kappa shape index (κ3) is 4.46. The van der Waals surface area contributed by atoms with E-state index in [0.717, 1.165) is 11.1 Å². The molecule has 0 N–H and O–H groups in total. The number of nitrogens with zero attached hydrogens (tertiary/aromatic N) is 2. The van der Waals surface area contributed by atoms with Crippen LogP contribution < -0.4 is 0 Å². The van der Waals surface area contributed by atoms with Gasteiger partial charge in [-0.25, -0.2) is 0 Å². The summed E-state index contributed by atoms with van der Waals surface area (Å²) in [6, 6.07) is 14.5. The fourth-order valence-electron chi connectivity index (χ4n) is 3.13. The van der Waals surface area contributed by atoms with Gasteiger partial charge in [-0.3, -0.25) is 14.9 Å². The minimum Gasteiger partial charge on any atom is -0.354 e. The van der Waals surface area contributed by atoms with E-state index in [1.807, 2.05) is 31.2 Å². The van der Waals surface area contributed by atoms with Gasteiger partial charge in [-0.1, -0.05) is 58.7 Å². The molecule has 1 atom stereocenters. The molecule has 0 aliphatic heterocycles. The van der Waals surface area contributed by atoms with Gasteiger partial charge in [-0.15, -0.1) is 0 Å². The van der Waals surface area contributed by atoms with E-state index < -0.39 is 4.92 Å². The standard InChI is InChI=1S/C21H19ClN2O4/c1-13-3-5-16(6-4-13)19(25)11-17(15-7-9-18(22)10-8-15)12-20-21(24(26)27)14(2)23-28-20/h3-10,17H,11-12H2,1-2H3. The zero-order valence-electron chi connectivity index (χ0n) is 15.5. The van der Waals surface area contributed by atoms with Crippen molar-refractivity contribution in [2.75, 3.05) is 0 Å². The second-order valence-electron chi connectivity index (χ2n) is 6.74. The maximum absolute atomic E-state index is 12.8. The van der Waals surface area contributed by atoms with Crippen molar-refractivity contribution >= 4 is 23.1 Å². The van der Waals surface area contributed by atoms with Crippen molar-refractivity contribution in [1.29, 1.82) is 0 Å². The highest BCUT2D eigenvalue weighted by molar-refractivity contribution is 6.30. The summed E-state index contributed by atoms with van der Waals surface area (Å²) in [4.78, 5) is 23.7. The van der Waals surface area contributed by atoms with Crippen LogP contribution in [0, 0.1) is 24.0 Å². The van der Waals surface area contributed by atoms with Crippen molar-refractivity contribution < 1.29 is 14.2 Å². The van der Waals surface area contributed by atoms with E-state index in [9.17, 15) is 14.9 Å². The molecule has 7 heteroatoms. The molecule has 0 bridgehead atoms. The normalized spacial score (nSPS) is 12.0. The summed E-state index contributed by atoms with van der Waals surface area (Å²) in [6.45, 7) is 3.48. The SMILES string of the molecule is Cc1ccc(C(=O)CC(Cc2onc(C)c2[N+](=O)[O-])c2ccc(Cl)cc2)cc1. The maximum Gasteiger partial charge on any atom is 0.334 e. The largest absolute Gasteiger partial charge is 0.354 e. The molecule has 0 spiro atoms. The second kappa shape index (κ2) is 8.35. The van der Waals surface area contributed by atoms with Crippen LogP contribution in [0.4, 0.5) is 5.69 Å². The summed E-state index contributed by atoms with van der Waals surface area (Å²) in [7, 11) is 0. The number of aryl methyl sites for hydroxylation is 2. The van der Waals surface area contributed by atoms with E-state index in [1.54, 1.807) is 24.3 Å². The molecular weight excluding hydrogens is 380 g/mol. The minimum absolute atomic E-state index is 0.0427. The minimum atomic E-state index is -0.498. The van der Waals surface area contributed by atoms with Crippen LogP contribution in [0.15, 0.2) is 53.1 Å². The molecule has 3 aromatic rings. The number of nitro groups is 1. The van der Waals surface area contributed by atoms with Crippen molar-refractivity contribution in [2.24, 2.45) is 0 Å². The molecule has 6 nitrogen and oxygen atoms in total. The van der Waals surface area contributed by atoms with Crippen LogP contribution in [0.2, 0.25) is 5.02 Å². The van der Waals surface area contributed by atoms with Crippen LogP contribution in [0.1, 0.15) is 45.3 Å². The predicted octanol–water partition coefficient (Wildman–Crippen LogP) is 5.45. The van der Waals surface area contributed by atoms with Crippen LogP contribution in [-0.2, 0) is 6.42 Å². The predicted molar refractivity (Wildman–Crippen MR) is 106 cm³/mol. The zero-order valence-corrected chi connectivity index (χ0v) is 16.3. The van der Waals surface area contributed by atoms with E-state index in [1.165, 1.54) is 6.92 Å². The molecule has 2 aromatic carbocycles. The lowest BCUT2D eigenvalue weighted by atomic mass is 9.87. The van der Waals surface area contributed by atoms with Gasteiger partial charge in [0.2, 0.25) is 5.76 Å². The van der Waals surface area contributed by atoms with Gasteiger partial charge in [0.05, 0.1) is 4.92 Å². The van der Waals surface area contributed by atoms with Crippen molar-refractivity contribution in [3.05, 3.63) is 91.8 Å². The Bertz CT molecular complexity index is 994. The van der Waals surface area contributed by atoms with Crippen molar-refractivity contribution in [3.63, 3.8) is 0 Å². The van der Waals surface area contributed by atoms with E-state index in [2.05, 4.69) is 5.16 Å². The number of carbonyl (C=O) groups is 1. The number of hydrogen-bond acceptors (Lipinski definition) is 5. The Balaban J connectivity index is 1.91. The summed E-state index contributed by atoms with van der Waals surface area (Å²) in [5, 5.41) is 15.7. The van der Waals surface area contributed by atoms with Gasteiger partial charge in [0, 0.05) is 23.4 Å². The number of hydrogen-bond donors (Lipinski definition) is 0. The van der Waals surface area contributed by atoms with E-state index in [4.69, 9.17) is 16.1 Å². The third-order valence-electron chi connectivity index (χ3n) is 4.66. The van der Waals surface area contributed by atoms with E-state index in [-0.39, 0.29) is 41.7 Å². The summed E-state index contributed by atoms with van der Waals surface area (Å²) in [6.07, 6.45) is 0.373. The fraction of sp³-hybridized carbons (Fsp3) is 0.238. The van der Waals surface area contributed by atoms with Crippen LogP contribution in [-0.4, -0.2) is 15.9 Å². The maximum atomic E-state index is 12.8. The lowest BCUT2D eigenvalue weighted by Crippen LogP contribution is -2.11. The average Bonchev–Trinajstić information content (AvgIpc) is 3.02. The molecule has 1 aromatic heterocycles. The highest BCUT2D eigenvalue weighted by atomic mass is 35.5. The summed E-state index contributed by atoms with van der Waals surface area (Å²) in [5.41, 5.74) is 2.61. The quantitative estimate of drug-likeness (QED) is 0.300. The number of ketones is 1. The Morgan fingerprint density at radius 3 is 2.39 bits per heavy atom. The van der Waals surface area contributed by atoms with Crippen LogP contribution in [0.3, 0.4) is 0 Å². The topological polar surface area (TPSA) is 86.2 Å². The Morgan fingerprint density at radius 1 is 1.14 bits per heavy atom. The monoisotopic (exact) mass is 398 g/mol. The molecule has 0 saturated heterocycles. The second-order valence-corrected chi connectivity index (χ2v) is 7.18. The van der Waals surface area contributed by atoms with Crippen molar-refractivity contribution in [3.8, 4) is 0 Å². The van der Waals surface area contributed by atoms with Crippen LogP contribution in [0.5, 0.6) is 0 Å². The molecule has 0 radical (unpaired) electrons. The smallest absolute Gasteiger partial charge is 0.334 e. The first-order valence-corrected chi connectivity index (χ1v) is 9.18. The lowest BCUT2D eigenvalue weighted by molar-refractivity contribution is -0.386. The molecule has 1 unspecified atom stereocenters. The molecule has 144 valence electrons. The van der Waals surface area contributed by atoms with Crippen molar-refractivity contribution in [2.45, 2.75) is 32.6 Å². The summed E-state index contributed by atoms with van der Waals surface area (Å²) >= 11 is 5.98. The lowest BCUT2D eigenvalue weighted by Gasteiger charge is -2.15. The Hall–Kier alpha value is -2.99. The number of rotatable bonds is 7. The number of benzene rings is 2. The molecule has 0 aliphatic carbocycles. The Labute approximate surface area is 167 Å². The number of carbonyl (C=O) groups excluding carboxylic acids is 1. The fourth-order valence-corrected chi connectivity index (χ4v) is 3.25. The van der Waals surface area contributed by atoms with Crippen LogP contribution >= 0.6 is 11.6 Å². The van der Waals surface area contributed by atoms with Crippen LogP contribution in [0.25, 0.3) is 0 Å². The molecule has 0 amide bonds. The van der Waals surface area contributed by atoms with Gasteiger partial charge in [-0.05, 0) is 37.5 Å².